The molecule has 0 amide bonds. The minimum absolute atomic E-state index is 0.661. The summed E-state index contributed by atoms with van der Waals surface area (Å²) in [6.07, 6.45) is 5.32. The summed E-state index contributed by atoms with van der Waals surface area (Å²) < 4.78 is 0. The van der Waals surface area contributed by atoms with Crippen LogP contribution in [0, 0.1) is 11.8 Å². The summed E-state index contributed by atoms with van der Waals surface area (Å²) in [5, 5.41) is 0. The average Bonchev–Trinajstić information content (AvgIpc) is 2.16. The Bertz CT molecular complexity index is 181. The van der Waals surface area contributed by atoms with E-state index in [1.165, 1.54) is 25.8 Å². The van der Waals surface area contributed by atoms with Gasteiger partial charge < -0.3 is 5.73 Å². The standard InChI is InChI=1S/C14H30N2/c1-11(2)16(7-5-6-15)14-9-12(3)8-13(4)10-14/h11-14H,5-10,15H2,1-4H3. The van der Waals surface area contributed by atoms with Gasteiger partial charge in [0.2, 0.25) is 0 Å². The molecule has 0 aromatic rings. The van der Waals surface area contributed by atoms with E-state index in [0.717, 1.165) is 30.8 Å². The summed E-state index contributed by atoms with van der Waals surface area (Å²) in [6, 6.07) is 1.46. The molecule has 0 bridgehead atoms. The molecule has 0 spiro atoms. The molecule has 0 heterocycles. The maximum Gasteiger partial charge on any atom is 0.0103 e. The summed E-state index contributed by atoms with van der Waals surface area (Å²) in [5.74, 6) is 1.79. The van der Waals surface area contributed by atoms with E-state index in [2.05, 4.69) is 32.6 Å². The molecule has 0 aromatic heterocycles. The topological polar surface area (TPSA) is 29.3 Å². The van der Waals surface area contributed by atoms with E-state index in [1.807, 2.05) is 0 Å². The molecule has 1 saturated carbocycles. The van der Waals surface area contributed by atoms with Crippen LogP contribution in [-0.4, -0.2) is 30.1 Å². The van der Waals surface area contributed by atoms with Crippen molar-refractivity contribution in [2.75, 3.05) is 13.1 Å². The van der Waals surface area contributed by atoms with E-state index in [-0.39, 0.29) is 0 Å². The van der Waals surface area contributed by atoms with Crippen LogP contribution in [0.15, 0.2) is 0 Å². The van der Waals surface area contributed by atoms with Gasteiger partial charge in [-0.2, -0.15) is 0 Å². The predicted molar refractivity (Wildman–Crippen MR) is 71.5 cm³/mol. The quantitative estimate of drug-likeness (QED) is 0.781. The van der Waals surface area contributed by atoms with Crippen LogP contribution >= 0.6 is 0 Å². The monoisotopic (exact) mass is 226 g/mol. The Balaban J connectivity index is 2.55. The van der Waals surface area contributed by atoms with E-state index in [4.69, 9.17) is 5.73 Å². The Labute approximate surface area is 102 Å². The lowest BCUT2D eigenvalue weighted by Crippen LogP contribution is -2.45. The van der Waals surface area contributed by atoms with E-state index in [0.29, 0.717) is 6.04 Å². The molecule has 0 aliphatic heterocycles. The van der Waals surface area contributed by atoms with Crippen molar-refractivity contribution in [2.24, 2.45) is 17.6 Å². The minimum Gasteiger partial charge on any atom is -0.330 e. The molecule has 96 valence electrons. The molecule has 16 heavy (non-hydrogen) atoms. The fraction of sp³-hybridized carbons (Fsp3) is 1.00. The number of nitrogens with zero attached hydrogens (tertiary/aromatic N) is 1. The highest BCUT2D eigenvalue weighted by atomic mass is 15.2. The van der Waals surface area contributed by atoms with Crippen LogP contribution in [0.1, 0.15) is 53.4 Å². The fourth-order valence-electron chi connectivity index (χ4n) is 3.31. The number of rotatable bonds is 5. The van der Waals surface area contributed by atoms with Crippen molar-refractivity contribution in [1.82, 2.24) is 4.90 Å². The Hall–Kier alpha value is -0.0800. The molecule has 1 rings (SSSR count). The zero-order valence-electron chi connectivity index (χ0n) is 11.6. The van der Waals surface area contributed by atoms with E-state index < -0.39 is 0 Å². The molecule has 1 fully saturated rings. The second-order valence-corrected chi connectivity index (χ2v) is 6.05. The number of hydrogen-bond donors (Lipinski definition) is 1. The van der Waals surface area contributed by atoms with Crippen molar-refractivity contribution in [3.05, 3.63) is 0 Å². The first-order valence-corrected chi connectivity index (χ1v) is 7.00. The van der Waals surface area contributed by atoms with Gasteiger partial charge in [-0.15, -0.1) is 0 Å². The number of nitrogens with two attached hydrogens (primary N) is 1. The summed E-state index contributed by atoms with van der Waals surface area (Å²) in [7, 11) is 0. The van der Waals surface area contributed by atoms with E-state index in [9.17, 15) is 0 Å². The molecule has 0 aromatic carbocycles. The molecule has 1 aliphatic carbocycles. The SMILES string of the molecule is CC1CC(C)CC(N(CCCN)C(C)C)C1. The van der Waals surface area contributed by atoms with Crippen molar-refractivity contribution >= 4 is 0 Å². The summed E-state index contributed by atoms with van der Waals surface area (Å²) >= 11 is 0. The van der Waals surface area contributed by atoms with Crippen molar-refractivity contribution in [2.45, 2.75) is 65.5 Å². The van der Waals surface area contributed by atoms with Gasteiger partial charge in [0.1, 0.15) is 0 Å². The smallest absolute Gasteiger partial charge is 0.0103 e. The van der Waals surface area contributed by atoms with Gasteiger partial charge in [0, 0.05) is 12.1 Å². The highest BCUT2D eigenvalue weighted by Crippen LogP contribution is 2.32. The summed E-state index contributed by atoms with van der Waals surface area (Å²) in [5.41, 5.74) is 5.63. The third kappa shape index (κ3) is 4.06. The van der Waals surface area contributed by atoms with Crippen molar-refractivity contribution in [1.29, 1.82) is 0 Å². The van der Waals surface area contributed by atoms with Gasteiger partial charge in [0.25, 0.3) is 0 Å². The molecule has 2 heteroatoms. The van der Waals surface area contributed by atoms with Crippen molar-refractivity contribution in [3.8, 4) is 0 Å². The average molecular weight is 226 g/mol. The lowest BCUT2D eigenvalue weighted by atomic mass is 9.79. The van der Waals surface area contributed by atoms with Crippen LogP contribution in [0.2, 0.25) is 0 Å². The molecule has 1 aliphatic rings. The van der Waals surface area contributed by atoms with E-state index >= 15 is 0 Å². The molecule has 2 nitrogen and oxygen atoms in total. The van der Waals surface area contributed by atoms with Crippen LogP contribution in [0.25, 0.3) is 0 Å². The normalized spacial score (nSPS) is 31.3. The molecule has 2 atom stereocenters. The fourth-order valence-corrected chi connectivity index (χ4v) is 3.31. The Kier molecular flexibility index (Phi) is 5.77. The molecule has 0 saturated heterocycles. The van der Waals surface area contributed by atoms with Crippen LogP contribution in [-0.2, 0) is 0 Å². The third-order valence-electron chi connectivity index (χ3n) is 3.91. The molecule has 2 N–H and O–H groups in total. The minimum atomic E-state index is 0.661. The van der Waals surface area contributed by atoms with Crippen LogP contribution < -0.4 is 5.73 Å². The Morgan fingerprint density at radius 3 is 2.12 bits per heavy atom. The first-order valence-electron chi connectivity index (χ1n) is 7.00. The van der Waals surface area contributed by atoms with Crippen LogP contribution in [0.4, 0.5) is 0 Å². The Morgan fingerprint density at radius 2 is 1.69 bits per heavy atom. The van der Waals surface area contributed by atoms with Crippen molar-refractivity contribution < 1.29 is 0 Å². The van der Waals surface area contributed by atoms with Gasteiger partial charge in [-0.05, 0) is 64.5 Å². The zero-order valence-corrected chi connectivity index (χ0v) is 11.6. The third-order valence-corrected chi connectivity index (χ3v) is 3.91. The molecule has 0 radical (unpaired) electrons. The zero-order chi connectivity index (χ0) is 12.1. The van der Waals surface area contributed by atoms with E-state index in [1.54, 1.807) is 0 Å². The maximum absolute atomic E-state index is 5.63. The molecular weight excluding hydrogens is 196 g/mol. The second kappa shape index (κ2) is 6.61. The van der Waals surface area contributed by atoms with Gasteiger partial charge in [0.15, 0.2) is 0 Å². The molecule has 2 unspecified atom stereocenters. The predicted octanol–water partition coefficient (Wildman–Crippen LogP) is 2.87. The summed E-state index contributed by atoms with van der Waals surface area (Å²) in [6.45, 7) is 11.5. The van der Waals surface area contributed by atoms with Gasteiger partial charge in [0.05, 0.1) is 0 Å². The second-order valence-electron chi connectivity index (χ2n) is 6.05. The first kappa shape index (κ1) is 14.0. The summed E-state index contributed by atoms with van der Waals surface area (Å²) in [4.78, 5) is 2.68. The lowest BCUT2D eigenvalue weighted by Gasteiger charge is -2.41. The van der Waals surface area contributed by atoms with Crippen LogP contribution in [0.3, 0.4) is 0 Å². The Morgan fingerprint density at radius 1 is 1.12 bits per heavy atom. The van der Waals surface area contributed by atoms with Gasteiger partial charge in [-0.3, -0.25) is 4.90 Å². The van der Waals surface area contributed by atoms with Crippen molar-refractivity contribution in [3.63, 3.8) is 0 Å². The highest BCUT2D eigenvalue weighted by molar-refractivity contribution is 4.83. The highest BCUT2D eigenvalue weighted by Gasteiger charge is 2.29. The largest absolute Gasteiger partial charge is 0.330 e. The van der Waals surface area contributed by atoms with Gasteiger partial charge >= 0.3 is 0 Å². The molecular formula is C14H30N2. The van der Waals surface area contributed by atoms with Gasteiger partial charge in [-0.1, -0.05) is 13.8 Å². The maximum atomic E-state index is 5.63. The lowest BCUT2D eigenvalue weighted by molar-refractivity contribution is 0.0825. The van der Waals surface area contributed by atoms with Gasteiger partial charge in [-0.25, -0.2) is 0 Å². The first-order chi connectivity index (χ1) is 7.54. The van der Waals surface area contributed by atoms with Crippen LogP contribution in [0.5, 0.6) is 0 Å². The number of hydrogen-bond acceptors (Lipinski definition) is 2.